The van der Waals surface area contributed by atoms with Gasteiger partial charge in [-0.2, -0.15) is 0 Å². The van der Waals surface area contributed by atoms with Gasteiger partial charge in [-0.1, -0.05) is 35.9 Å². The van der Waals surface area contributed by atoms with Gasteiger partial charge in [-0.05, 0) is 48.1 Å². The number of carbonyl (C=O) groups is 1. The van der Waals surface area contributed by atoms with Crippen LogP contribution in [0.2, 0.25) is 0 Å². The second-order valence-electron chi connectivity index (χ2n) is 6.96. The highest BCUT2D eigenvalue weighted by molar-refractivity contribution is 7.10. The molecule has 1 N–H and O–H groups in total. The summed E-state index contributed by atoms with van der Waals surface area (Å²) in [7, 11) is 4.74. The van der Waals surface area contributed by atoms with Gasteiger partial charge >= 0.3 is 0 Å². The van der Waals surface area contributed by atoms with E-state index in [1.807, 2.05) is 23.6 Å². The number of hydrogen-bond donors (Lipinski definition) is 1. The summed E-state index contributed by atoms with van der Waals surface area (Å²) in [5.74, 6) is 1.71. The van der Waals surface area contributed by atoms with Gasteiger partial charge < -0.3 is 19.5 Å². The first-order valence-corrected chi connectivity index (χ1v) is 10.6. The molecule has 0 unspecified atom stereocenters. The molecule has 30 heavy (non-hydrogen) atoms. The third kappa shape index (κ3) is 5.13. The van der Waals surface area contributed by atoms with Crippen molar-refractivity contribution in [1.29, 1.82) is 0 Å². The van der Waals surface area contributed by atoms with Crippen molar-refractivity contribution in [3.05, 3.63) is 75.5 Å². The van der Waals surface area contributed by atoms with E-state index < -0.39 is 0 Å². The molecule has 0 spiro atoms. The zero-order chi connectivity index (χ0) is 21.5. The zero-order valence-electron chi connectivity index (χ0n) is 17.7. The Kier molecular flexibility index (Phi) is 7.36. The van der Waals surface area contributed by atoms with Crippen LogP contribution >= 0.6 is 11.3 Å². The molecule has 0 fully saturated rings. The molecule has 0 saturated carbocycles. The third-order valence-electron chi connectivity index (χ3n) is 4.91. The number of thiophene rings is 1. The molecule has 0 radical (unpaired) electrons. The molecule has 0 bridgehead atoms. The molecule has 0 saturated heterocycles. The molecule has 1 atom stereocenters. The van der Waals surface area contributed by atoms with Gasteiger partial charge in [0, 0.05) is 11.3 Å². The number of ether oxygens (including phenoxy) is 3. The lowest BCUT2D eigenvalue weighted by atomic mass is 10.0. The molecule has 0 aliphatic heterocycles. The SMILES string of the molecule is COc1cc(CCC(=O)N[C@H](c2ccc(C)cc2)c2cccs2)cc(OC)c1OC. The summed E-state index contributed by atoms with van der Waals surface area (Å²) in [6.07, 6.45) is 0.917. The lowest BCUT2D eigenvalue weighted by molar-refractivity contribution is -0.121. The Morgan fingerprint density at radius 3 is 2.20 bits per heavy atom. The lowest BCUT2D eigenvalue weighted by Crippen LogP contribution is -2.29. The van der Waals surface area contributed by atoms with E-state index in [2.05, 4.69) is 42.6 Å². The molecule has 3 aromatic rings. The highest BCUT2D eigenvalue weighted by atomic mass is 32.1. The van der Waals surface area contributed by atoms with Crippen molar-refractivity contribution >= 4 is 17.2 Å². The molecule has 1 heterocycles. The minimum Gasteiger partial charge on any atom is -0.493 e. The van der Waals surface area contributed by atoms with Gasteiger partial charge in [0.2, 0.25) is 11.7 Å². The number of benzene rings is 2. The highest BCUT2D eigenvalue weighted by Gasteiger charge is 2.19. The second-order valence-corrected chi connectivity index (χ2v) is 7.94. The lowest BCUT2D eigenvalue weighted by Gasteiger charge is -2.19. The summed E-state index contributed by atoms with van der Waals surface area (Å²) in [6, 6.07) is 15.9. The normalized spacial score (nSPS) is 11.6. The van der Waals surface area contributed by atoms with E-state index in [1.165, 1.54) is 5.56 Å². The van der Waals surface area contributed by atoms with E-state index in [-0.39, 0.29) is 11.9 Å². The monoisotopic (exact) mass is 425 g/mol. The smallest absolute Gasteiger partial charge is 0.221 e. The zero-order valence-corrected chi connectivity index (χ0v) is 18.5. The number of nitrogens with one attached hydrogen (secondary N) is 1. The summed E-state index contributed by atoms with van der Waals surface area (Å²) in [5.41, 5.74) is 3.21. The number of hydrogen-bond acceptors (Lipinski definition) is 5. The fourth-order valence-electron chi connectivity index (χ4n) is 3.30. The first-order chi connectivity index (χ1) is 14.5. The van der Waals surface area contributed by atoms with E-state index in [9.17, 15) is 4.79 Å². The van der Waals surface area contributed by atoms with Crippen LogP contribution in [0, 0.1) is 6.92 Å². The van der Waals surface area contributed by atoms with Gasteiger partial charge in [-0.3, -0.25) is 4.79 Å². The predicted molar refractivity (Wildman–Crippen MR) is 120 cm³/mol. The van der Waals surface area contributed by atoms with Crippen molar-refractivity contribution in [2.24, 2.45) is 0 Å². The largest absolute Gasteiger partial charge is 0.493 e. The van der Waals surface area contributed by atoms with Gasteiger partial charge in [0.25, 0.3) is 0 Å². The summed E-state index contributed by atoms with van der Waals surface area (Å²) in [4.78, 5) is 13.9. The Balaban J connectivity index is 1.73. The summed E-state index contributed by atoms with van der Waals surface area (Å²) in [6.45, 7) is 2.06. The maximum Gasteiger partial charge on any atom is 0.221 e. The van der Waals surface area contributed by atoms with Crippen molar-refractivity contribution in [3.8, 4) is 17.2 Å². The van der Waals surface area contributed by atoms with E-state index in [0.717, 1.165) is 16.0 Å². The Hall–Kier alpha value is -2.99. The molecular formula is C24H27NO4S. The standard InChI is InChI=1S/C24H27NO4S/c1-16-7-10-18(11-8-16)23(21-6-5-13-30-21)25-22(26)12-9-17-14-19(27-2)24(29-4)20(15-17)28-3/h5-8,10-11,13-15,23H,9,12H2,1-4H3,(H,25,26)/t23-/m1/s1. The fourth-order valence-corrected chi connectivity index (χ4v) is 4.11. The first kappa shape index (κ1) is 21.7. The molecule has 1 aromatic heterocycles. The summed E-state index contributed by atoms with van der Waals surface area (Å²) >= 11 is 1.64. The van der Waals surface area contributed by atoms with Crippen LogP contribution in [0.4, 0.5) is 0 Å². The maximum atomic E-state index is 12.8. The predicted octanol–water partition coefficient (Wildman–Crippen LogP) is 4.92. The Labute approximate surface area is 181 Å². The van der Waals surface area contributed by atoms with Crippen LogP contribution in [0.1, 0.15) is 34.0 Å². The highest BCUT2D eigenvalue weighted by Crippen LogP contribution is 2.38. The molecule has 1 amide bonds. The summed E-state index contributed by atoms with van der Waals surface area (Å²) < 4.78 is 16.2. The van der Waals surface area contributed by atoms with Crippen molar-refractivity contribution in [3.63, 3.8) is 0 Å². The van der Waals surface area contributed by atoms with E-state index in [0.29, 0.717) is 30.1 Å². The maximum absolute atomic E-state index is 12.8. The molecule has 3 rings (SSSR count). The average molecular weight is 426 g/mol. The summed E-state index contributed by atoms with van der Waals surface area (Å²) in [5, 5.41) is 5.22. The number of aryl methyl sites for hydroxylation is 2. The first-order valence-electron chi connectivity index (χ1n) is 9.74. The Morgan fingerprint density at radius 2 is 1.67 bits per heavy atom. The van der Waals surface area contributed by atoms with Crippen LogP contribution in [-0.4, -0.2) is 27.2 Å². The van der Waals surface area contributed by atoms with Crippen molar-refractivity contribution in [1.82, 2.24) is 5.32 Å². The molecule has 5 nitrogen and oxygen atoms in total. The van der Waals surface area contributed by atoms with Crippen molar-refractivity contribution < 1.29 is 19.0 Å². The van der Waals surface area contributed by atoms with Crippen molar-refractivity contribution in [2.75, 3.05) is 21.3 Å². The quantitative estimate of drug-likeness (QED) is 0.529. The topological polar surface area (TPSA) is 56.8 Å². The van der Waals surface area contributed by atoms with E-state index in [4.69, 9.17) is 14.2 Å². The van der Waals surface area contributed by atoms with E-state index in [1.54, 1.807) is 32.7 Å². The van der Waals surface area contributed by atoms with E-state index >= 15 is 0 Å². The average Bonchev–Trinajstić information content (AvgIpc) is 3.30. The molecular weight excluding hydrogens is 398 g/mol. The van der Waals surface area contributed by atoms with Gasteiger partial charge in [0.05, 0.1) is 27.4 Å². The van der Waals surface area contributed by atoms with Crippen LogP contribution in [-0.2, 0) is 11.2 Å². The minimum absolute atomic E-state index is 0.0114. The fraction of sp³-hybridized carbons (Fsp3) is 0.292. The molecule has 2 aromatic carbocycles. The van der Waals surface area contributed by atoms with Crippen LogP contribution in [0.25, 0.3) is 0 Å². The number of carbonyl (C=O) groups excluding carboxylic acids is 1. The molecule has 0 aliphatic rings. The van der Waals surface area contributed by atoms with Gasteiger partial charge in [0.1, 0.15) is 0 Å². The van der Waals surface area contributed by atoms with Gasteiger partial charge in [-0.15, -0.1) is 11.3 Å². The third-order valence-corrected chi connectivity index (χ3v) is 5.85. The minimum atomic E-state index is -0.155. The Morgan fingerprint density at radius 1 is 1.00 bits per heavy atom. The molecule has 158 valence electrons. The molecule has 0 aliphatic carbocycles. The Bertz CT molecular complexity index is 942. The van der Waals surface area contributed by atoms with Crippen LogP contribution in [0.5, 0.6) is 17.2 Å². The number of amides is 1. The number of methoxy groups -OCH3 is 3. The van der Waals surface area contributed by atoms with Crippen LogP contribution in [0.3, 0.4) is 0 Å². The van der Waals surface area contributed by atoms with Crippen molar-refractivity contribution in [2.45, 2.75) is 25.8 Å². The van der Waals surface area contributed by atoms with Gasteiger partial charge in [0.15, 0.2) is 11.5 Å². The number of rotatable bonds is 9. The van der Waals surface area contributed by atoms with Crippen LogP contribution in [0.15, 0.2) is 53.9 Å². The molecule has 6 heteroatoms. The van der Waals surface area contributed by atoms with Crippen LogP contribution < -0.4 is 19.5 Å². The van der Waals surface area contributed by atoms with Gasteiger partial charge in [-0.25, -0.2) is 0 Å². The second kappa shape index (κ2) is 10.2.